The molecule has 2 rings (SSSR count). The molecule has 0 saturated carbocycles. The maximum atomic E-state index is 11.7. The fraction of sp³-hybridized carbons (Fsp3) is 0.267. The molecule has 1 amide bonds. The highest BCUT2D eigenvalue weighted by Gasteiger charge is 2.19. The summed E-state index contributed by atoms with van der Waals surface area (Å²) in [6.07, 6.45) is 1.33. The molecule has 0 saturated heterocycles. The lowest BCUT2D eigenvalue weighted by Gasteiger charge is -2.22. The standard InChI is InChI=1S/C15H17N3O3/c1-3-16-13(19)9-18(2)14-10-6-4-5-7-12(10)17-8-11(14)15(20)21/h4-8H,3,9H2,1-2H3,(H,16,19)(H,20,21). The van der Waals surface area contributed by atoms with E-state index in [4.69, 9.17) is 0 Å². The van der Waals surface area contributed by atoms with Crippen molar-refractivity contribution in [3.8, 4) is 0 Å². The van der Waals surface area contributed by atoms with E-state index in [1.807, 2.05) is 25.1 Å². The molecule has 6 nitrogen and oxygen atoms in total. The first-order chi connectivity index (χ1) is 10.0. The van der Waals surface area contributed by atoms with Crippen molar-refractivity contribution in [3.05, 3.63) is 36.0 Å². The molecule has 2 N–H and O–H groups in total. The summed E-state index contributed by atoms with van der Waals surface area (Å²) in [7, 11) is 1.70. The van der Waals surface area contributed by atoms with Gasteiger partial charge in [0.05, 0.1) is 17.7 Å². The normalized spacial score (nSPS) is 10.4. The van der Waals surface area contributed by atoms with Crippen LogP contribution in [-0.4, -0.2) is 42.1 Å². The number of pyridine rings is 1. The highest BCUT2D eigenvalue weighted by molar-refractivity contribution is 6.05. The van der Waals surface area contributed by atoms with Crippen LogP contribution in [0.5, 0.6) is 0 Å². The van der Waals surface area contributed by atoms with Crippen LogP contribution in [0, 0.1) is 0 Å². The molecule has 21 heavy (non-hydrogen) atoms. The van der Waals surface area contributed by atoms with E-state index >= 15 is 0 Å². The topological polar surface area (TPSA) is 82.5 Å². The molecule has 1 aromatic carbocycles. The van der Waals surface area contributed by atoms with Crippen molar-refractivity contribution in [2.45, 2.75) is 6.92 Å². The number of likely N-dealkylation sites (N-methyl/N-ethyl adjacent to an activating group) is 2. The Bertz CT molecular complexity index is 685. The molecule has 0 fully saturated rings. The number of aromatic nitrogens is 1. The summed E-state index contributed by atoms with van der Waals surface area (Å²) in [5.74, 6) is -1.22. The van der Waals surface area contributed by atoms with E-state index in [0.29, 0.717) is 23.1 Å². The molecule has 0 bridgehead atoms. The predicted octanol–water partition coefficient (Wildman–Crippen LogP) is 1.51. The Kier molecular flexibility index (Phi) is 4.37. The molecule has 0 aliphatic rings. The molecular weight excluding hydrogens is 270 g/mol. The van der Waals surface area contributed by atoms with Gasteiger partial charge in [-0.25, -0.2) is 4.79 Å². The lowest BCUT2D eigenvalue weighted by molar-refractivity contribution is -0.119. The van der Waals surface area contributed by atoms with E-state index in [2.05, 4.69) is 10.3 Å². The number of hydrogen-bond donors (Lipinski definition) is 2. The highest BCUT2D eigenvalue weighted by atomic mass is 16.4. The smallest absolute Gasteiger partial charge is 0.339 e. The second-order valence-electron chi connectivity index (χ2n) is 4.65. The third-order valence-corrected chi connectivity index (χ3v) is 3.11. The number of carbonyl (C=O) groups excluding carboxylic acids is 1. The number of anilines is 1. The van der Waals surface area contributed by atoms with Gasteiger partial charge in [-0.3, -0.25) is 9.78 Å². The summed E-state index contributed by atoms with van der Waals surface area (Å²) < 4.78 is 0. The predicted molar refractivity (Wildman–Crippen MR) is 80.7 cm³/mol. The summed E-state index contributed by atoms with van der Waals surface area (Å²) in [5.41, 5.74) is 1.28. The number of aromatic carboxylic acids is 1. The van der Waals surface area contributed by atoms with Gasteiger partial charge in [0.1, 0.15) is 5.56 Å². The summed E-state index contributed by atoms with van der Waals surface area (Å²) in [4.78, 5) is 28.9. The van der Waals surface area contributed by atoms with E-state index < -0.39 is 5.97 Å². The molecule has 6 heteroatoms. The molecule has 0 aliphatic heterocycles. The summed E-state index contributed by atoms with van der Waals surface area (Å²) in [6, 6.07) is 7.27. The zero-order valence-electron chi connectivity index (χ0n) is 12.0. The molecule has 110 valence electrons. The van der Waals surface area contributed by atoms with Crippen molar-refractivity contribution < 1.29 is 14.7 Å². The second kappa shape index (κ2) is 6.21. The van der Waals surface area contributed by atoms with Crippen molar-refractivity contribution in [1.82, 2.24) is 10.3 Å². The SMILES string of the molecule is CCNC(=O)CN(C)c1c(C(=O)O)cnc2ccccc12. The summed E-state index contributed by atoms with van der Waals surface area (Å²) in [6.45, 7) is 2.46. The number of nitrogens with one attached hydrogen (secondary N) is 1. The first kappa shape index (κ1) is 14.8. The first-order valence-corrected chi connectivity index (χ1v) is 6.63. The van der Waals surface area contributed by atoms with Crippen LogP contribution in [-0.2, 0) is 4.79 Å². The lowest BCUT2D eigenvalue weighted by Crippen LogP contribution is -2.35. The van der Waals surface area contributed by atoms with Crippen molar-refractivity contribution in [2.24, 2.45) is 0 Å². The van der Waals surface area contributed by atoms with E-state index in [1.54, 1.807) is 18.0 Å². The van der Waals surface area contributed by atoms with E-state index in [1.165, 1.54) is 6.20 Å². The number of nitrogens with zero attached hydrogens (tertiary/aromatic N) is 2. The molecule has 0 radical (unpaired) electrons. The molecule has 0 unspecified atom stereocenters. The van der Waals surface area contributed by atoms with Crippen molar-refractivity contribution in [2.75, 3.05) is 25.0 Å². The molecule has 2 aromatic rings. The van der Waals surface area contributed by atoms with Crippen LogP contribution in [0.2, 0.25) is 0 Å². The quantitative estimate of drug-likeness (QED) is 0.871. The van der Waals surface area contributed by atoms with Crippen molar-refractivity contribution in [3.63, 3.8) is 0 Å². The minimum absolute atomic E-state index is 0.0838. The first-order valence-electron chi connectivity index (χ1n) is 6.63. The number of hydrogen-bond acceptors (Lipinski definition) is 4. The van der Waals surface area contributed by atoms with E-state index in [-0.39, 0.29) is 18.0 Å². The largest absolute Gasteiger partial charge is 0.478 e. The molecule has 0 spiro atoms. The van der Waals surface area contributed by atoms with Crippen LogP contribution in [0.4, 0.5) is 5.69 Å². The number of carboxylic acid groups (broad SMARTS) is 1. The van der Waals surface area contributed by atoms with Crippen LogP contribution in [0.3, 0.4) is 0 Å². The van der Waals surface area contributed by atoms with Gasteiger partial charge in [0.25, 0.3) is 0 Å². The zero-order valence-corrected chi connectivity index (χ0v) is 12.0. The van der Waals surface area contributed by atoms with Gasteiger partial charge < -0.3 is 15.3 Å². The number of carbonyl (C=O) groups is 2. The lowest BCUT2D eigenvalue weighted by atomic mass is 10.1. The van der Waals surface area contributed by atoms with Gasteiger partial charge in [0.2, 0.25) is 5.91 Å². The monoisotopic (exact) mass is 287 g/mol. The Morgan fingerprint density at radius 1 is 1.33 bits per heavy atom. The van der Waals surface area contributed by atoms with Crippen LogP contribution >= 0.6 is 0 Å². The third kappa shape index (κ3) is 3.10. The van der Waals surface area contributed by atoms with Crippen LogP contribution in [0.25, 0.3) is 10.9 Å². The van der Waals surface area contributed by atoms with E-state index in [9.17, 15) is 14.7 Å². The van der Waals surface area contributed by atoms with Crippen molar-refractivity contribution >= 4 is 28.5 Å². The van der Waals surface area contributed by atoms with E-state index in [0.717, 1.165) is 0 Å². The number of carboxylic acids is 1. The Labute approximate surface area is 122 Å². The van der Waals surface area contributed by atoms with Gasteiger partial charge in [-0.05, 0) is 13.0 Å². The number of amides is 1. The van der Waals surface area contributed by atoms with Gasteiger partial charge in [-0.2, -0.15) is 0 Å². The maximum Gasteiger partial charge on any atom is 0.339 e. The fourth-order valence-corrected chi connectivity index (χ4v) is 2.24. The van der Waals surface area contributed by atoms with Crippen LogP contribution < -0.4 is 10.2 Å². The summed E-state index contributed by atoms with van der Waals surface area (Å²) in [5, 5.41) is 12.8. The van der Waals surface area contributed by atoms with Gasteiger partial charge >= 0.3 is 5.97 Å². The van der Waals surface area contributed by atoms with Crippen LogP contribution in [0.15, 0.2) is 30.5 Å². The average Bonchev–Trinajstić information content (AvgIpc) is 2.45. The Morgan fingerprint density at radius 3 is 2.71 bits per heavy atom. The van der Waals surface area contributed by atoms with Gasteiger partial charge in [-0.15, -0.1) is 0 Å². The van der Waals surface area contributed by atoms with Gasteiger partial charge in [-0.1, -0.05) is 18.2 Å². The molecule has 1 aromatic heterocycles. The molecule has 0 aliphatic carbocycles. The van der Waals surface area contributed by atoms with Gasteiger partial charge in [0.15, 0.2) is 0 Å². The average molecular weight is 287 g/mol. The number of para-hydroxylation sites is 1. The summed E-state index contributed by atoms with van der Waals surface area (Å²) >= 11 is 0. The Morgan fingerprint density at radius 2 is 2.05 bits per heavy atom. The van der Waals surface area contributed by atoms with Crippen molar-refractivity contribution in [1.29, 1.82) is 0 Å². The van der Waals surface area contributed by atoms with Crippen LogP contribution in [0.1, 0.15) is 17.3 Å². The third-order valence-electron chi connectivity index (χ3n) is 3.11. The Balaban J connectivity index is 2.50. The number of benzene rings is 1. The van der Waals surface area contributed by atoms with Gasteiger partial charge in [0, 0.05) is 25.2 Å². The number of fused-ring (bicyclic) bond motifs is 1. The molecular formula is C15H17N3O3. The minimum atomic E-state index is -1.06. The molecule has 0 atom stereocenters. The second-order valence-corrected chi connectivity index (χ2v) is 4.65. The minimum Gasteiger partial charge on any atom is -0.478 e. The highest BCUT2D eigenvalue weighted by Crippen LogP contribution is 2.28. The zero-order chi connectivity index (χ0) is 15.4. The fourth-order valence-electron chi connectivity index (χ4n) is 2.24. The molecule has 1 heterocycles. The maximum absolute atomic E-state index is 11.7. The number of rotatable bonds is 5. The Hall–Kier alpha value is -2.63.